The minimum absolute atomic E-state index is 0.285. The largest absolute Gasteiger partial charge is 0.478 e. The van der Waals surface area contributed by atoms with Crippen LogP contribution in [0.1, 0.15) is 21.5 Å². The number of carbonyl (C=O) groups is 1. The van der Waals surface area contributed by atoms with Crippen molar-refractivity contribution in [2.45, 2.75) is 0 Å². The minimum atomic E-state index is -0.920. The second kappa shape index (κ2) is 5.52. The van der Waals surface area contributed by atoms with Crippen LogP contribution in [0.5, 0.6) is 0 Å². The van der Waals surface area contributed by atoms with Crippen molar-refractivity contribution in [2.24, 2.45) is 0 Å². The molecule has 1 N–H and O–H groups in total. The molecule has 0 aliphatic carbocycles. The Balaban J connectivity index is 2.20. The third-order valence-corrected chi connectivity index (χ3v) is 2.72. The normalized spacial score (nSPS) is 10.7. The molecule has 0 fully saturated rings. The first kappa shape index (κ1) is 12.4. The molecule has 0 aromatic heterocycles. The van der Waals surface area contributed by atoms with Gasteiger partial charge in [0.1, 0.15) is 0 Å². The summed E-state index contributed by atoms with van der Waals surface area (Å²) in [5, 5.41) is 9.58. The Hall–Kier alpha value is -2.06. The Morgan fingerprint density at radius 3 is 2.33 bits per heavy atom. The van der Waals surface area contributed by atoms with Crippen LogP contribution in [0, 0.1) is 0 Å². The van der Waals surface area contributed by atoms with E-state index in [1.54, 1.807) is 18.2 Å². The van der Waals surface area contributed by atoms with Crippen LogP contribution in [0.3, 0.4) is 0 Å². The van der Waals surface area contributed by atoms with Gasteiger partial charge in [-0.3, -0.25) is 0 Å². The Labute approximate surface area is 110 Å². The maximum Gasteiger partial charge on any atom is 0.335 e. The summed E-state index contributed by atoms with van der Waals surface area (Å²) in [6, 6.07) is 14.2. The molecule has 0 spiro atoms. The van der Waals surface area contributed by atoms with Gasteiger partial charge in [0.25, 0.3) is 0 Å². The Morgan fingerprint density at radius 2 is 1.67 bits per heavy atom. The summed E-state index contributed by atoms with van der Waals surface area (Å²) in [4.78, 5) is 10.8. The number of carboxylic acid groups (broad SMARTS) is 1. The first-order chi connectivity index (χ1) is 8.65. The van der Waals surface area contributed by atoms with Crippen LogP contribution >= 0.6 is 11.6 Å². The summed E-state index contributed by atoms with van der Waals surface area (Å²) in [6.07, 6.45) is 3.78. The molecule has 2 aromatic rings. The monoisotopic (exact) mass is 258 g/mol. The maximum absolute atomic E-state index is 10.8. The predicted molar refractivity (Wildman–Crippen MR) is 73.8 cm³/mol. The van der Waals surface area contributed by atoms with Crippen LogP contribution in [-0.2, 0) is 0 Å². The summed E-state index contributed by atoms with van der Waals surface area (Å²) < 4.78 is 0. The highest BCUT2D eigenvalue weighted by molar-refractivity contribution is 6.30. The van der Waals surface area contributed by atoms with E-state index in [4.69, 9.17) is 16.7 Å². The highest BCUT2D eigenvalue weighted by Crippen LogP contribution is 2.13. The molecule has 0 aliphatic rings. The number of benzene rings is 2. The van der Waals surface area contributed by atoms with E-state index in [2.05, 4.69) is 0 Å². The Kier molecular flexibility index (Phi) is 3.80. The van der Waals surface area contributed by atoms with Crippen molar-refractivity contribution in [3.05, 3.63) is 70.2 Å². The second-order valence-corrected chi connectivity index (χ2v) is 4.25. The van der Waals surface area contributed by atoms with Crippen molar-refractivity contribution in [3.8, 4) is 0 Å². The topological polar surface area (TPSA) is 37.3 Å². The van der Waals surface area contributed by atoms with Crippen molar-refractivity contribution >= 4 is 29.7 Å². The molecule has 0 radical (unpaired) electrons. The molecule has 0 amide bonds. The fourth-order valence-electron chi connectivity index (χ4n) is 1.54. The van der Waals surface area contributed by atoms with Gasteiger partial charge in [-0.1, -0.05) is 48.0 Å². The molecule has 0 saturated heterocycles. The van der Waals surface area contributed by atoms with Crippen LogP contribution in [0.2, 0.25) is 5.02 Å². The van der Waals surface area contributed by atoms with Gasteiger partial charge in [0.2, 0.25) is 0 Å². The third-order valence-electron chi connectivity index (χ3n) is 2.47. The van der Waals surface area contributed by atoms with Crippen LogP contribution in [-0.4, -0.2) is 11.1 Å². The summed E-state index contributed by atoms with van der Waals surface area (Å²) in [5.74, 6) is -0.920. The van der Waals surface area contributed by atoms with E-state index in [-0.39, 0.29) is 5.56 Å². The number of rotatable bonds is 3. The number of halogens is 1. The first-order valence-corrected chi connectivity index (χ1v) is 5.80. The minimum Gasteiger partial charge on any atom is -0.478 e. The number of hydrogen-bond donors (Lipinski definition) is 1. The van der Waals surface area contributed by atoms with E-state index in [9.17, 15) is 4.79 Å². The van der Waals surface area contributed by atoms with Gasteiger partial charge in [-0.05, 0) is 35.4 Å². The lowest BCUT2D eigenvalue weighted by Crippen LogP contribution is -1.95. The van der Waals surface area contributed by atoms with Gasteiger partial charge in [0.15, 0.2) is 0 Å². The van der Waals surface area contributed by atoms with Crippen molar-refractivity contribution in [3.63, 3.8) is 0 Å². The summed E-state index contributed by atoms with van der Waals surface area (Å²) in [6.45, 7) is 0. The zero-order valence-corrected chi connectivity index (χ0v) is 10.3. The van der Waals surface area contributed by atoms with Gasteiger partial charge in [0.05, 0.1) is 5.56 Å². The third kappa shape index (κ3) is 3.22. The molecule has 0 atom stereocenters. The smallest absolute Gasteiger partial charge is 0.335 e. The molecule has 0 unspecified atom stereocenters. The summed E-state index contributed by atoms with van der Waals surface area (Å²) in [7, 11) is 0. The van der Waals surface area contributed by atoms with E-state index in [0.29, 0.717) is 5.02 Å². The number of carboxylic acids is 1. The van der Waals surface area contributed by atoms with Crippen LogP contribution in [0.4, 0.5) is 0 Å². The molecular weight excluding hydrogens is 248 g/mol. The lowest BCUT2D eigenvalue weighted by atomic mass is 10.1. The molecule has 0 aliphatic heterocycles. The van der Waals surface area contributed by atoms with Gasteiger partial charge in [0, 0.05) is 5.02 Å². The molecular formula is C15H11ClO2. The fraction of sp³-hybridized carbons (Fsp3) is 0. The summed E-state index contributed by atoms with van der Waals surface area (Å²) >= 11 is 5.80. The lowest BCUT2D eigenvalue weighted by molar-refractivity contribution is 0.0697. The summed E-state index contributed by atoms with van der Waals surface area (Å²) in [5.41, 5.74) is 2.15. The van der Waals surface area contributed by atoms with Gasteiger partial charge >= 0.3 is 5.97 Å². The number of aromatic carboxylic acids is 1. The number of hydrogen-bond acceptors (Lipinski definition) is 1. The van der Waals surface area contributed by atoms with Crippen molar-refractivity contribution in [1.29, 1.82) is 0 Å². The molecule has 18 heavy (non-hydrogen) atoms. The van der Waals surface area contributed by atoms with Gasteiger partial charge in [-0.2, -0.15) is 0 Å². The molecule has 3 heteroatoms. The SMILES string of the molecule is O=C(O)c1cccc(/C=C\c2ccc(Cl)cc2)c1. The van der Waals surface area contributed by atoms with Crippen LogP contribution < -0.4 is 0 Å². The van der Waals surface area contributed by atoms with E-state index in [1.807, 2.05) is 42.5 Å². The first-order valence-electron chi connectivity index (χ1n) is 5.42. The predicted octanol–water partition coefficient (Wildman–Crippen LogP) is 4.21. The second-order valence-electron chi connectivity index (χ2n) is 3.82. The molecule has 2 rings (SSSR count). The highest BCUT2D eigenvalue weighted by atomic mass is 35.5. The van der Waals surface area contributed by atoms with E-state index < -0.39 is 5.97 Å². The average molecular weight is 259 g/mol. The Bertz CT molecular complexity index is 586. The van der Waals surface area contributed by atoms with Crippen LogP contribution in [0.25, 0.3) is 12.2 Å². The van der Waals surface area contributed by atoms with Gasteiger partial charge < -0.3 is 5.11 Å². The highest BCUT2D eigenvalue weighted by Gasteiger charge is 2.00. The van der Waals surface area contributed by atoms with Crippen molar-refractivity contribution in [1.82, 2.24) is 0 Å². The lowest BCUT2D eigenvalue weighted by Gasteiger charge is -1.97. The van der Waals surface area contributed by atoms with Gasteiger partial charge in [-0.25, -0.2) is 4.79 Å². The molecule has 2 nitrogen and oxygen atoms in total. The fourth-order valence-corrected chi connectivity index (χ4v) is 1.67. The molecule has 0 saturated carbocycles. The zero-order valence-electron chi connectivity index (χ0n) is 9.51. The van der Waals surface area contributed by atoms with E-state index in [0.717, 1.165) is 11.1 Å². The standard InChI is InChI=1S/C15H11ClO2/c16-14-8-6-11(7-9-14)4-5-12-2-1-3-13(10-12)15(17)18/h1-10H,(H,17,18)/b5-4-. The molecule has 0 heterocycles. The van der Waals surface area contributed by atoms with Crippen LogP contribution in [0.15, 0.2) is 48.5 Å². The van der Waals surface area contributed by atoms with Crippen molar-refractivity contribution < 1.29 is 9.90 Å². The molecule has 90 valence electrons. The quantitative estimate of drug-likeness (QED) is 0.838. The molecule has 0 bridgehead atoms. The molecule has 2 aromatic carbocycles. The average Bonchev–Trinajstić information content (AvgIpc) is 2.38. The van der Waals surface area contributed by atoms with Gasteiger partial charge in [-0.15, -0.1) is 0 Å². The zero-order chi connectivity index (χ0) is 13.0. The maximum atomic E-state index is 10.8. The Morgan fingerprint density at radius 1 is 1.00 bits per heavy atom. The van der Waals surface area contributed by atoms with E-state index in [1.165, 1.54) is 0 Å². The van der Waals surface area contributed by atoms with Crippen molar-refractivity contribution in [2.75, 3.05) is 0 Å². The van der Waals surface area contributed by atoms with E-state index >= 15 is 0 Å².